The third-order valence-electron chi connectivity index (χ3n) is 7.66. The lowest BCUT2D eigenvalue weighted by Gasteiger charge is -2.25. The average Bonchev–Trinajstić information content (AvgIpc) is 3.14. The maximum Gasteiger partial charge on any atom is 0.333 e. The second-order valence-corrected chi connectivity index (χ2v) is 11.5. The molecular formula is C43H39NO5. The molecule has 0 aliphatic heterocycles. The molecule has 0 radical (unpaired) electrons. The van der Waals surface area contributed by atoms with E-state index in [0.717, 1.165) is 39.8 Å². The molecule has 0 spiro atoms. The summed E-state index contributed by atoms with van der Waals surface area (Å²) in [5, 5.41) is 0. The molecule has 6 heteroatoms. The van der Waals surface area contributed by atoms with Crippen LogP contribution in [0.4, 0.5) is 17.1 Å². The van der Waals surface area contributed by atoms with Crippen molar-refractivity contribution in [2.45, 2.75) is 20.0 Å². The highest BCUT2D eigenvalue weighted by Crippen LogP contribution is 2.36. The molecule has 0 amide bonds. The topological polar surface area (TPSA) is 65.1 Å². The van der Waals surface area contributed by atoms with Gasteiger partial charge in [-0.15, -0.1) is 0 Å². The van der Waals surface area contributed by atoms with E-state index in [-0.39, 0.29) is 18.8 Å². The summed E-state index contributed by atoms with van der Waals surface area (Å²) in [5.74, 6) is -0.617. The molecule has 0 fully saturated rings. The van der Waals surface area contributed by atoms with E-state index in [0.29, 0.717) is 5.75 Å². The number of nitrogens with zero attached hydrogens (tertiary/aromatic N) is 1. The molecule has 5 aromatic rings. The summed E-state index contributed by atoms with van der Waals surface area (Å²) in [4.78, 5) is 25.8. The number of hydrogen-bond donors (Lipinski definition) is 0. The van der Waals surface area contributed by atoms with E-state index >= 15 is 0 Å². The van der Waals surface area contributed by atoms with Gasteiger partial charge >= 0.3 is 11.9 Å². The normalized spacial score (nSPS) is 11.4. The van der Waals surface area contributed by atoms with Crippen LogP contribution in [0.1, 0.15) is 23.6 Å². The molecule has 5 aromatic carbocycles. The Morgan fingerprint density at radius 2 is 1.20 bits per heavy atom. The Morgan fingerprint density at radius 1 is 0.694 bits per heavy atom. The summed E-state index contributed by atoms with van der Waals surface area (Å²) < 4.78 is 16.3. The highest BCUT2D eigenvalue weighted by molar-refractivity contribution is 5.87. The zero-order valence-electron chi connectivity index (χ0n) is 27.8. The van der Waals surface area contributed by atoms with Gasteiger partial charge in [-0.05, 0) is 84.6 Å². The van der Waals surface area contributed by atoms with Gasteiger partial charge in [0.15, 0.2) is 6.10 Å². The quantitative estimate of drug-likeness (QED) is 0.0678. The van der Waals surface area contributed by atoms with Crippen molar-refractivity contribution in [2.75, 3.05) is 18.1 Å². The lowest BCUT2D eigenvalue weighted by molar-refractivity contribution is -0.154. The predicted molar refractivity (Wildman–Crippen MR) is 198 cm³/mol. The lowest BCUT2D eigenvalue weighted by atomic mass is 10.0. The van der Waals surface area contributed by atoms with E-state index in [1.807, 2.05) is 42.5 Å². The van der Waals surface area contributed by atoms with E-state index in [4.69, 9.17) is 14.2 Å². The zero-order valence-corrected chi connectivity index (χ0v) is 27.8. The summed E-state index contributed by atoms with van der Waals surface area (Å²) in [6.45, 7) is 10.5. The van der Waals surface area contributed by atoms with Gasteiger partial charge in [-0.3, -0.25) is 0 Å². The smallest absolute Gasteiger partial charge is 0.333 e. The number of anilines is 3. The van der Waals surface area contributed by atoms with E-state index in [9.17, 15) is 9.59 Å². The number of para-hydroxylation sites is 1. The van der Waals surface area contributed by atoms with Gasteiger partial charge in [0.1, 0.15) is 19.0 Å². The fraction of sp³-hybridized carbons (Fsp3) is 0.116. The van der Waals surface area contributed by atoms with Crippen LogP contribution in [0.5, 0.6) is 5.75 Å². The Balaban J connectivity index is 1.28. The number of carbonyl (C=O) groups excluding carboxylic acids is 2. The number of aryl methyl sites for hydroxylation is 1. The van der Waals surface area contributed by atoms with Crippen LogP contribution >= 0.6 is 0 Å². The number of esters is 2. The second-order valence-electron chi connectivity index (χ2n) is 11.5. The highest BCUT2D eigenvalue weighted by atomic mass is 16.6. The lowest BCUT2D eigenvalue weighted by Crippen LogP contribution is -2.30. The Morgan fingerprint density at radius 3 is 1.76 bits per heavy atom. The van der Waals surface area contributed by atoms with Gasteiger partial charge in [0.25, 0.3) is 0 Å². The molecular weight excluding hydrogens is 610 g/mol. The third-order valence-corrected chi connectivity index (χ3v) is 7.66. The Bertz CT molecular complexity index is 1890. The van der Waals surface area contributed by atoms with Gasteiger partial charge in [0, 0.05) is 28.7 Å². The molecule has 246 valence electrons. The summed E-state index contributed by atoms with van der Waals surface area (Å²) in [5.41, 5.74) is 9.00. The Hall–Kier alpha value is -6.14. The number of ether oxygens (including phenoxy) is 3. The van der Waals surface area contributed by atoms with Crippen molar-refractivity contribution in [1.82, 2.24) is 0 Å². The van der Waals surface area contributed by atoms with Crippen LogP contribution < -0.4 is 9.64 Å². The van der Waals surface area contributed by atoms with Gasteiger partial charge in [-0.2, -0.15) is 0 Å². The molecule has 0 N–H and O–H groups in total. The maximum absolute atomic E-state index is 11.8. The van der Waals surface area contributed by atoms with Crippen molar-refractivity contribution in [3.05, 3.63) is 169 Å². The van der Waals surface area contributed by atoms with Crippen molar-refractivity contribution < 1.29 is 23.8 Å². The van der Waals surface area contributed by atoms with Crippen molar-refractivity contribution >= 4 is 41.2 Å². The molecule has 0 saturated carbocycles. The highest BCUT2D eigenvalue weighted by Gasteiger charge is 2.18. The average molecular weight is 650 g/mol. The second kappa shape index (κ2) is 16.6. The van der Waals surface area contributed by atoms with Crippen LogP contribution in [0.2, 0.25) is 0 Å². The van der Waals surface area contributed by atoms with E-state index in [1.54, 1.807) is 6.92 Å². The first-order chi connectivity index (χ1) is 23.8. The van der Waals surface area contributed by atoms with Crippen LogP contribution in [-0.4, -0.2) is 31.3 Å². The first-order valence-corrected chi connectivity index (χ1v) is 16.0. The molecule has 1 unspecified atom stereocenters. The number of hydrogen-bond acceptors (Lipinski definition) is 6. The monoisotopic (exact) mass is 649 g/mol. The minimum absolute atomic E-state index is 0.00354. The summed E-state index contributed by atoms with van der Waals surface area (Å²) in [6.07, 6.45) is 4.50. The van der Waals surface area contributed by atoms with Gasteiger partial charge in [-0.25, -0.2) is 9.59 Å². The van der Waals surface area contributed by atoms with Gasteiger partial charge in [0.05, 0.1) is 0 Å². The van der Waals surface area contributed by atoms with Crippen molar-refractivity contribution in [3.63, 3.8) is 0 Å². The molecule has 0 aliphatic rings. The molecule has 6 nitrogen and oxygen atoms in total. The fourth-order valence-electron chi connectivity index (χ4n) is 4.98. The minimum atomic E-state index is -0.806. The molecule has 1 atom stereocenters. The fourth-order valence-corrected chi connectivity index (χ4v) is 4.98. The summed E-state index contributed by atoms with van der Waals surface area (Å²) in [7, 11) is 0. The number of rotatable bonds is 14. The third kappa shape index (κ3) is 9.69. The van der Waals surface area contributed by atoms with E-state index in [1.165, 1.54) is 11.1 Å². The van der Waals surface area contributed by atoms with E-state index in [2.05, 4.69) is 122 Å². The van der Waals surface area contributed by atoms with Crippen molar-refractivity contribution in [3.8, 4) is 16.9 Å². The van der Waals surface area contributed by atoms with Crippen LogP contribution in [0, 0.1) is 6.92 Å². The van der Waals surface area contributed by atoms with Crippen LogP contribution in [0.15, 0.2) is 152 Å². The molecule has 0 aromatic heterocycles. The van der Waals surface area contributed by atoms with Gasteiger partial charge < -0.3 is 19.1 Å². The van der Waals surface area contributed by atoms with Crippen LogP contribution in [0.3, 0.4) is 0 Å². The van der Waals surface area contributed by atoms with Gasteiger partial charge in [-0.1, -0.05) is 110 Å². The van der Waals surface area contributed by atoms with Crippen LogP contribution in [0.25, 0.3) is 23.3 Å². The van der Waals surface area contributed by atoms with Crippen LogP contribution in [-0.2, 0) is 19.1 Å². The summed E-state index contributed by atoms with van der Waals surface area (Å²) >= 11 is 0. The van der Waals surface area contributed by atoms with Crippen molar-refractivity contribution in [2.24, 2.45) is 0 Å². The number of benzene rings is 5. The minimum Gasteiger partial charge on any atom is -0.490 e. The first kappa shape index (κ1) is 34.2. The van der Waals surface area contributed by atoms with Gasteiger partial charge in [0.2, 0.25) is 0 Å². The molecule has 0 aliphatic carbocycles. The zero-order chi connectivity index (χ0) is 34.6. The predicted octanol–water partition coefficient (Wildman–Crippen LogP) is 9.90. The molecule has 0 bridgehead atoms. The van der Waals surface area contributed by atoms with Crippen molar-refractivity contribution in [1.29, 1.82) is 0 Å². The molecule has 0 heterocycles. The first-order valence-electron chi connectivity index (χ1n) is 16.0. The largest absolute Gasteiger partial charge is 0.490 e. The van der Waals surface area contributed by atoms with E-state index < -0.39 is 18.0 Å². The summed E-state index contributed by atoms with van der Waals surface area (Å²) in [6, 6.07) is 43.4. The molecule has 49 heavy (non-hydrogen) atoms. The molecule has 5 rings (SSSR count). The SMILES string of the molecule is C=CC(=O)OC(COC(=O)C(=C)C)COc1ccc(-c2ccc(N(c3ccccc3)c3ccc(C=Cc4ccc(C)cc4)cc3)cc2)cc1. The number of carbonyl (C=O) groups is 2. The Labute approximate surface area is 288 Å². The standard InChI is InChI=1S/C43H39NO5/c1-5-42(45)49-41(30-48-43(46)31(2)3)29-47-40-27-21-36(22-28-40)35-19-25-39(26-20-35)44(37-9-7-6-8-10-37)38-23-17-34(18-24-38)16-15-33-13-11-32(4)12-14-33/h5-28,41H,1-2,29-30H2,3-4H3. The maximum atomic E-state index is 11.8. The Kier molecular flexibility index (Phi) is 11.6. The molecule has 0 saturated heterocycles.